The number of rotatable bonds is 10. The van der Waals surface area contributed by atoms with Crippen LogP contribution in [0.4, 0.5) is 0 Å². The SMILES string of the molecule is CC(=O)NC(c1ccccc1)[C@@H](C(=O)C(=O)O)N1C(=O)[C@H]([C@H](C)O[Si](C)(C)C(C)(C)C)N(C(C)=O)C=C1c1ccccc1. The van der Waals surface area contributed by atoms with Crippen molar-refractivity contribution in [2.45, 2.75) is 83.9 Å². The minimum absolute atomic E-state index is 0.141. The second kappa shape index (κ2) is 13.0. The number of hydrogen-bond donors (Lipinski definition) is 2. The monoisotopic (exact) mass is 607 g/mol. The largest absolute Gasteiger partial charge is 0.475 e. The molecule has 3 amide bonds. The van der Waals surface area contributed by atoms with Gasteiger partial charge in [0.05, 0.1) is 17.8 Å². The van der Waals surface area contributed by atoms with Gasteiger partial charge < -0.3 is 19.7 Å². The number of nitrogens with zero attached hydrogens (tertiary/aromatic N) is 2. The van der Waals surface area contributed by atoms with Crippen molar-refractivity contribution in [2.24, 2.45) is 0 Å². The van der Waals surface area contributed by atoms with E-state index in [0.29, 0.717) is 11.1 Å². The molecule has 0 spiro atoms. The lowest BCUT2D eigenvalue weighted by Crippen LogP contribution is -2.64. The summed E-state index contributed by atoms with van der Waals surface area (Å²) in [5.41, 5.74) is 1.03. The Morgan fingerprint density at radius 3 is 1.95 bits per heavy atom. The van der Waals surface area contributed by atoms with Gasteiger partial charge in [0.25, 0.3) is 11.7 Å². The van der Waals surface area contributed by atoms with E-state index in [0.717, 1.165) is 4.90 Å². The summed E-state index contributed by atoms with van der Waals surface area (Å²) in [5.74, 6) is -4.73. The van der Waals surface area contributed by atoms with Gasteiger partial charge in [0.1, 0.15) is 12.1 Å². The molecule has 0 saturated heterocycles. The number of carboxylic acid groups (broad SMARTS) is 1. The zero-order chi connectivity index (χ0) is 32.3. The number of carbonyl (C=O) groups excluding carboxylic acids is 4. The van der Waals surface area contributed by atoms with E-state index in [-0.39, 0.29) is 10.7 Å². The predicted molar refractivity (Wildman–Crippen MR) is 165 cm³/mol. The third-order valence-corrected chi connectivity index (χ3v) is 12.6. The molecule has 1 unspecified atom stereocenters. The van der Waals surface area contributed by atoms with Gasteiger partial charge in [-0.05, 0) is 36.2 Å². The predicted octanol–water partition coefficient (Wildman–Crippen LogP) is 4.35. The van der Waals surface area contributed by atoms with Gasteiger partial charge in [0, 0.05) is 20.0 Å². The molecule has 2 aromatic rings. The number of hydrogen-bond acceptors (Lipinski definition) is 6. The van der Waals surface area contributed by atoms with E-state index >= 15 is 0 Å². The normalized spacial score (nSPS) is 17.9. The van der Waals surface area contributed by atoms with Crippen LogP contribution in [0.3, 0.4) is 0 Å². The van der Waals surface area contributed by atoms with Gasteiger partial charge in [-0.1, -0.05) is 81.4 Å². The molecule has 0 fully saturated rings. The number of carbonyl (C=O) groups is 5. The van der Waals surface area contributed by atoms with Crippen LogP contribution in [0.25, 0.3) is 5.70 Å². The molecule has 3 rings (SSSR count). The summed E-state index contributed by atoms with van der Waals surface area (Å²) in [6, 6.07) is 12.9. The van der Waals surface area contributed by atoms with E-state index in [1.807, 2.05) is 13.1 Å². The van der Waals surface area contributed by atoms with Crippen molar-refractivity contribution in [2.75, 3.05) is 0 Å². The number of Topliss-reactive ketones (excluding diaryl/α,β-unsaturated/α-hetero) is 1. The molecule has 1 aliphatic rings. The Bertz CT molecular complexity index is 1400. The molecule has 1 aliphatic heterocycles. The summed E-state index contributed by atoms with van der Waals surface area (Å²) < 4.78 is 6.58. The first-order valence-electron chi connectivity index (χ1n) is 14.1. The van der Waals surface area contributed by atoms with Crippen LogP contribution in [0.15, 0.2) is 66.9 Å². The second-order valence-electron chi connectivity index (χ2n) is 12.2. The van der Waals surface area contributed by atoms with E-state index in [2.05, 4.69) is 26.1 Å². The number of carboxylic acids is 1. The van der Waals surface area contributed by atoms with E-state index in [1.165, 1.54) is 24.9 Å². The molecule has 11 heteroatoms. The highest BCUT2D eigenvalue weighted by Gasteiger charge is 2.51. The molecular formula is C32H41N3O7Si. The quantitative estimate of drug-likeness (QED) is 0.303. The topological polar surface area (TPSA) is 133 Å². The van der Waals surface area contributed by atoms with Gasteiger partial charge >= 0.3 is 5.97 Å². The fourth-order valence-corrected chi connectivity index (χ4v) is 6.36. The Labute approximate surface area is 253 Å². The van der Waals surface area contributed by atoms with Crippen LogP contribution in [0.5, 0.6) is 0 Å². The smallest absolute Gasteiger partial charge is 0.374 e. The first-order chi connectivity index (χ1) is 20.0. The summed E-state index contributed by atoms with van der Waals surface area (Å²) in [6.45, 7) is 14.5. The molecule has 4 atom stereocenters. The Morgan fingerprint density at radius 2 is 1.49 bits per heavy atom. The molecule has 1 heterocycles. The zero-order valence-corrected chi connectivity index (χ0v) is 27.0. The molecule has 0 saturated carbocycles. The Hall–Kier alpha value is -4.09. The highest BCUT2D eigenvalue weighted by atomic mass is 28.4. The van der Waals surface area contributed by atoms with Crippen LogP contribution in [-0.4, -0.2) is 70.9 Å². The number of amides is 3. The van der Waals surface area contributed by atoms with Crippen LogP contribution in [0.1, 0.15) is 58.7 Å². The summed E-state index contributed by atoms with van der Waals surface area (Å²) in [7, 11) is -2.46. The van der Waals surface area contributed by atoms with E-state index in [1.54, 1.807) is 67.6 Å². The third-order valence-electron chi connectivity index (χ3n) is 8.07. The van der Waals surface area contributed by atoms with Crippen molar-refractivity contribution < 1.29 is 33.5 Å². The van der Waals surface area contributed by atoms with E-state index < -0.39 is 62.0 Å². The summed E-state index contributed by atoms with van der Waals surface area (Å²) >= 11 is 0. The fourth-order valence-electron chi connectivity index (χ4n) is 4.95. The van der Waals surface area contributed by atoms with Crippen molar-refractivity contribution in [3.05, 3.63) is 78.0 Å². The Morgan fingerprint density at radius 1 is 0.953 bits per heavy atom. The maximum atomic E-state index is 14.8. The van der Waals surface area contributed by atoms with Crippen LogP contribution in [0, 0.1) is 0 Å². The minimum Gasteiger partial charge on any atom is -0.475 e. The molecule has 0 radical (unpaired) electrons. The molecule has 43 heavy (non-hydrogen) atoms. The van der Waals surface area contributed by atoms with Gasteiger partial charge in [-0.15, -0.1) is 0 Å². The van der Waals surface area contributed by atoms with Crippen molar-refractivity contribution in [3.63, 3.8) is 0 Å². The number of ketones is 1. The maximum Gasteiger partial charge on any atom is 0.374 e. The van der Waals surface area contributed by atoms with Crippen LogP contribution in [-0.2, 0) is 28.4 Å². The third kappa shape index (κ3) is 7.29. The standard InChI is InChI=1S/C32H41N3O7Si/c1-20(42-43(7,8)32(4,5)6)27-30(39)35(25(19-34(27)22(3)37)23-15-11-9-12-16-23)28(29(38)31(40)41)26(33-21(2)36)24-17-13-10-14-18-24/h9-20,26-28H,1-8H3,(H,33,36)(H,40,41)/t20-,26?,27-,28-/m0/s1. The van der Waals surface area contributed by atoms with Crippen molar-refractivity contribution in [1.29, 1.82) is 0 Å². The summed E-state index contributed by atoms with van der Waals surface area (Å²) in [4.78, 5) is 68.7. The number of benzene rings is 2. The Kier molecular flexibility index (Phi) is 10.1. The number of aliphatic carboxylic acids is 1. The van der Waals surface area contributed by atoms with Crippen molar-refractivity contribution in [1.82, 2.24) is 15.1 Å². The van der Waals surface area contributed by atoms with Gasteiger partial charge in [0.15, 0.2) is 8.32 Å². The zero-order valence-electron chi connectivity index (χ0n) is 26.0. The fraction of sp³-hybridized carbons (Fsp3) is 0.406. The molecule has 230 valence electrons. The summed E-state index contributed by atoms with van der Waals surface area (Å²) in [5, 5.41) is 12.5. The molecule has 0 bridgehead atoms. The van der Waals surface area contributed by atoms with Crippen molar-refractivity contribution in [3.8, 4) is 0 Å². The molecule has 10 nitrogen and oxygen atoms in total. The lowest BCUT2D eigenvalue weighted by molar-refractivity contribution is -0.156. The van der Waals surface area contributed by atoms with Crippen LogP contribution < -0.4 is 5.32 Å². The minimum atomic E-state index is -2.46. The first kappa shape index (κ1) is 33.4. The van der Waals surface area contributed by atoms with Gasteiger partial charge in [-0.2, -0.15) is 0 Å². The van der Waals surface area contributed by atoms with Gasteiger partial charge in [0.2, 0.25) is 11.8 Å². The number of nitrogens with one attached hydrogen (secondary N) is 1. The van der Waals surface area contributed by atoms with Crippen LogP contribution in [0.2, 0.25) is 18.1 Å². The second-order valence-corrected chi connectivity index (χ2v) is 17.0. The average Bonchev–Trinajstić information content (AvgIpc) is 2.92. The van der Waals surface area contributed by atoms with Crippen molar-refractivity contribution >= 4 is 43.5 Å². The molecular weight excluding hydrogens is 566 g/mol. The van der Waals surface area contributed by atoms with E-state index in [4.69, 9.17) is 4.43 Å². The van der Waals surface area contributed by atoms with E-state index in [9.17, 15) is 29.1 Å². The molecule has 2 N–H and O–H groups in total. The summed E-state index contributed by atoms with van der Waals surface area (Å²) in [6.07, 6.45) is 0.651. The highest BCUT2D eigenvalue weighted by molar-refractivity contribution is 6.74. The maximum absolute atomic E-state index is 14.8. The first-order valence-corrected chi connectivity index (χ1v) is 17.0. The molecule has 2 aromatic carbocycles. The Balaban J connectivity index is 2.34. The van der Waals surface area contributed by atoms with Gasteiger partial charge in [-0.3, -0.25) is 24.1 Å². The molecule has 0 aromatic heterocycles. The highest BCUT2D eigenvalue weighted by Crippen LogP contribution is 2.40. The lowest BCUT2D eigenvalue weighted by atomic mass is 9.90. The average molecular weight is 608 g/mol. The lowest BCUT2D eigenvalue weighted by Gasteiger charge is -2.47. The van der Waals surface area contributed by atoms with Crippen LogP contribution >= 0.6 is 0 Å². The molecule has 0 aliphatic carbocycles. The van der Waals surface area contributed by atoms with Gasteiger partial charge in [-0.25, -0.2) is 4.79 Å².